The van der Waals surface area contributed by atoms with E-state index in [1.165, 1.54) is 0 Å². The Hall–Kier alpha value is -2.29. The molecule has 2 aliphatic rings. The third-order valence-corrected chi connectivity index (χ3v) is 9.47. The van der Waals surface area contributed by atoms with Crippen LogP contribution in [0.3, 0.4) is 0 Å². The minimum atomic E-state index is -2.90. The number of piperidine rings is 1. The first-order chi connectivity index (χ1) is 15.9. The summed E-state index contributed by atoms with van der Waals surface area (Å²) in [5.41, 5.74) is 4.08. The maximum Gasteiger partial charge on any atom is 0.153 e. The van der Waals surface area contributed by atoms with Crippen molar-refractivity contribution in [1.29, 1.82) is 0 Å². The van der Waals surface area contributed by atoms with Crippen molar-refractivity contribution in [3.8, 4) is 17.0 Å². The van der Waals surface area contributed by atoms with Gasteiger partial charge in [0, 0.05) is 42.8 Å². The number of hydrogen-bond acceptors (Lipinski definition) is 6. The van der Waals surface area contributed by atoms with Crippen LogP contribution in [-0.2, 0) is 16.4 Å². The Balaban J connectivity index is 1.34. The fraction of sp³-hybridized carbons (Fsp3) is 0.458. The number of aromatic nitrogens is 2. The predicted octanol–water partition coefficient (Wildman–Crippen LogP) is 3.95. The fourth-order valence-corrected chi connectivity index (χ4v) is 7.03. The molecule has 1 saturated heterocycles. The Morgan fingerprint density at radius 1 is 1.18 bits per heavy atom. The van der Waals surface area contributed by atoms with Crippen molar-refractivity contribution in [1.82, 2.24) is 9.38 Å². The molecule has 1 saturated carbocycles. The number of ether oxygens (including phenoxy) is 1. The first kappa shape index (κ1) is 22.5. The number of pyridine rings is 1. The molecular weight excluding hydrogens is 462 g/mol. The zero-order chi connectivity index (χ0) is 23.2. The van der Waals surface area contributed by atoms with E-state index in [-0.39, 0.29) is 17.8 Å². The van der Waals surface area contributed by atoms with E-state index in [9.17, 15) is 13.5 Å². The van der Waals surface area contributed by atoms with Crippen LogP contribution >= 0.6 is 11.6 Å². The van der Waals surface area contributed by atoms with Gasteiger partial charge in [0.1, 0.15) is 11.4 Å². The highest BCUT2D eigenvalue weighted by Crippen LogP contribution is 2.35. The molecule has 33 heavy (non-hydrogen) atoms. The van der Waals surface area contributed by atoms with Crippen LogP contribution in [0.2, 0.25) is 5.02 Å². The first-order valence-corrected chi connectivity index (χ1v) is 13.4. The average molecular weight is 490 g/mol. The van der Waals surface area contributed by atoms with Gasteiger partial charge in [-0.25, -0.2) is 13.4 Å². The number of sulfone groups is 1. The summed E-state index contributed by atoms with van der Waals surface area (Å²) < 4.78 is 31.9. The molecule has 176 valence electrons. The van der Waals surface area contributed by atoms with Crippen molar-refractivity contribution in [2.24, 2.45) is 5.92 Å². The van der Waals surface area contributed by atoms with Gasteiger partial charge < -0.3 is 19.1 Å². The van der Waals surface area contributed by atoms with E-state index in [2.05, 4.69) is 17.0 Å². The molecule has 0 spiro atoms. The summed E-state index contributed by atoms with van der Waals surface area (Å²) in [5, 5.41) is 10.2. The lowest BCUT2D eigenvalue weighted by atomic mass is 9.98. The molecule has 0 atom stereocenters. The van der Waals surface area contributed by atoms with Crippen LogP contribution in [0.15, 0.2) is 36.7 Å². The number of benzene rings is 1. The lowest BCUT2D eigenvalue weighted by Crippen LogP contribution is -2.36. The predicted molar refractivity (Wildman–Crippen MR) is 130 cm³/mol. The Labute approximate surface area is 198 Å². The minimum absolute atomic E-state index is 0.0699. The minimum Gasteiger partial charge on any atom is -0.495 e. The zero-order valence-electron chi connectivity index (χ0n) is 18.6. The number of nitrogens with zero attached hydrogens (tertiary/aromatic N) is 3. The monoisotopic (exact) mass is 489 g/mol. The number of hydrogen-bond donors (Lipinski definition) is 1. The van der Waals surface area contributed by atoms with Crippen LogP contribution in [-0.4, -0.2) is 54.1 Å². The quantitative estimate of drug-likeness (QED) is 0.541. The van der Waals surface area contributed by atoms with Gasteiger partial charge in [-0.15, -0.1) is 0 Å². The summed E-state index contributed by atoms with van der Waals surface area (Å²) >= 11 is 6.32. The molecule has 3 heterocycles. The van der Waals surface area contributed by atoms with E-state index < -0.39 is 9.84 Å². The Kier molecular flexibility index (Phi) is 6.01. The molecule has 5 rings (SSSR count). The molecule has 0 radical (unpaired) electrons. The van der Waals surface area contributed by atoms with Gasteiger partial charge in [0.2, 0.25) is 0 Å². The van der Waals surface area contributed by atoms with E-state index in [1.807, 2.05) is 16.8 Å². The number of imidazole rings is 1. The number of rotatable bonds is 7. The van der Waals surface area contributed by atoms with Crippen molar-refractivity contribution < 1.29 is 18.3 Å². The normalized spacial score (nSPS) is 17.6. The number of halogens is 1. The van der Waals surface area contributed by atoms with Crippen molar-refractivity contribution in [3.05, 3.63) is 47.2 Å². The van der Waals surface area contributed by atoms with Gasteiger partial charge >= 0.3 is 0 Å². The van der Waals surface area contributed by atoms with Crippen molar-refractivity contribution in [2.75, 3.05) is 30.9 Å². The Morgan fingerprint density at radius 3 is 2.61 bits per heavy atom. The topological polar surface area (TPSA) is 84.1 Å². The maximum absolute atomic E-state index is 12.3. The SMILES string of the molecule is COc1cc(CO)c(-c2cn3ccc(N4CCC(CS(=O)(=O)C5CC5)CC4)cc3n2)cc1Cl. The molecule has 1 aliphatic heterocycles. The van der Waals surface area contributed by atoms with Crippen molar-refractivity contribution in [3.63, 3.8) is 0 Å². The summed E-state index contributed by atoms with van der Waals surface area (Å²) in [6.07, 6.45) is 7.37. The maximum atomic E-state index is 12.3. The van der Waals surface area contributed by atoms with Gasteiger partial charge in [-0.05, 0) is 55.4 Å². The fourth-order valence-electron chi connectivity index (χ4n) is 4.67. The van der Waals surface area contributed by atoms with E-state index in [1.54, 1.807) is 19.2 Å². The smallest absolute Gasteiger partial charge is 0.153 e. The molecule has 1 aliphatic carbocycles. The molecule has 2 fully saturated rings. The molecule has 7 nitrogen and oxygen atoms in total. The van der Waals surface area contributed by atoms with E-state index >= 15 is 0 Å². The number of fused-ring (bicyclic) bond motifs is 1. The summed E-state index contributed by atoms with van der Waals surface area (Å²) in [5.74, 6) is 1.11. The summed E-state index contributed by atoms with van der Waals surface area (Å²) in [7, 11) is -1.36. The lowest BCUT2D eigenvalue weighted by molar-refractivity contribution is 0.281. The molecule has 0 bridgehead atoms. The van der Waals surface area contributed by atoms with Gasteiger partial charge in [0.25, 0.3) is 0 Å². The third kappa shape index (κ3) is 4.56. The molecule has 0 unspecified atom stereocenters. The van der Waals surface area contributed by atoms with Crippen LogP contribution in [0.25, 0.3) is 16.9 Å². The number of anilines is 1. The summed E-state index contributed by atoms with van der Waals surface area (Å²) in [6.45, 7) is 1.54. The third-order valence-electron chi connectivity index (χ3n) is 6.75. The first-order valence-electron chi connectivity index (χ1n) is 11.3. The van der Waals surface area contributed by atoms with Gasteiger partial charge in [0.15, 0.2) is 9.84 Å². The summed E-state index contributed by atoms with van der Waals surface area (Å²) in [6, 6.07) is 7.62. The van der Waals surface area contributed by atoms with Gasteiger partial charge in [-0.1, -0.05) is 11.6 Å². The number of methoxy groups -OCH3 is 1. The van der Waals surface area contributed by atoms with Crippen LogP contribution in [0.4, 0.5) is 5.69 Å². The highest BCUT2D eigenvalue weighted by molar-refractivity contribution is 7.92. The van der Waals surface area contributed by atoms with Gasteiger partial charge in [-0.3, -0.25) is 0 Å². The molecular formula is C24H28ClN3O4S. The van der Waals surface area contributed by atoms with Crippen LogP contribution in [0.1, 0.15) is 31.2 Å². The zero-order valence-corrected chi connectivity index (χ0v) is 20.1. The highest BCUT2D eigenvalue weighted by Gasteiger charge is 2.37. The standard InChI is InChI=1S/C24H28ClN3O4S/c1-32-23-10-17(14-29)20(12-21(23)25)22-13-28-9-6-18(11-24(28)26-22)27-7-4-16(5-8-27)15-33(30,31)19-2-3-19/h6,9-13,16,19,29H,2-5,7-8,14-15H2,1H3. The van der Waals surface area contributed by atoms with Gasteiger partial charge in [0.05, 0.1) is 35.4 Å². The molecule has 1 aromatic carbocycles. The lowest BCUT2D eigenvalue weighted by Gasteiger charge is -2.33. The highest BCUT2D eigenvalue weighted by atomic mass is 35.5. The second kappa shape index (κ2) is 8.81. The summed E-state index contributed by atoms with van der Waals surface area (Å²) in [4.78, 5) is 7.08. The van der Waals surface area contributed by atoms with E-state index in [0.717, 1.165) is 61.4 Å². The second-order valence-electron chi connectivity index (χ2n) is 9.04. The van der Waals surface area contributed by atoms with Gasteiger partial charge in [-0.2, -0.15) is 0 Å². The van der Waals surface area contributed by atoms with Crippen molar-refractivity contribution in [2.45, 2.75) is 37.5 Å². The largest absolute Gasteiger partial charge is 0.495 e. The average Bonchev–Trinajstić information content (AvgIpc) is 3.59. The number of aliphatic hydroxyl groups excluding tert-OH is 1. The van der Waals surface area contributed by atoms with E-state index in [0.29, 0.717) is 22.1 Å². The van der Waals surface area contributed by atoms with Crippen LogP contribution in [0.5, 0.6) is 5.75 Å². The molecule has 9 heteroatoms. The Bertz CT molecular complexity index is 1280. The number of aliphatic hydroxyl groups is 1. The second-order valence-corrected chi connectivity index (χ2v) is 11.8. The van der Waals surface area contributed by atoms with E-state index in [4.69, 9.17) is 21.3 Å². The molecule has 2 aromatic heterocycles. The molecule has 0 amide bonds. The molecule has 1 N–H and O–H groups in total. The Morgan fingerprint density at radius 2 is 1.94 bits per heavy atom. The van der Waals surface area contributed by atoms with Crippen LogP contribution in [0, 0.1) is 5.92 Å². The van der Waals surface area contributed by atoms with Crippen molar-refractivity contribution >= 4 is 32.8 Å². The van der Waals surface area contributed by atoms with Crippen LogP contribution < -0.4 is 9.64 Å². The molecule has 3 aromatic rings.